The molecule has 4 rings (SSSR count). The third-order valence-electron chi connectivity index (χ3n) is 4.93. The number of carbonyl (C=O) groups is 1. The third-order valence-corrected chi connectivity index (χ3v) is 4.93. The summed E-state index contributed by atoms with van der Waals surface area (Å²) in [5, 5.41) is 8.86. The van der Waals surface area contributed by atoms with Crippen LogP contribution < -0.4 is 10.7 Å². The Morgan fingerprint density at radius 1 is 1.10 bits per heavy atom. The van der Waals surface area contributed by atoms with Crippen LogP contribution in [0.25, 0.3) is 21.8 Å². The Morgan fingerprint density at radius 2 is 1.93 bits per heavy atom. The molecule has 1 amide bonds. The molecule has 6 nitrogen and oxygen atoms in total. The highest BCUT2D eigenvalue weighted by molar-refractivity contribution is 5.94. The number of fused-ring (bicyclic) bond motifs is 2. The summed E-state index contributed by atoms with van der Waals surface area (Å²) in [4.78, 5) is 24.4. The predicted octanol–water partition coefficient (Wildman–Crippen LogP) is 4.04. The van der Waals surface area contributed by atoms with Gasteiger partial charge in [0.1, 0.15) is 0 Å². The normalized spacial score (nSPS) is 11.4. The number of aryl methyl sites for hydroxylation is 1. The number of hydrogen-bond acceptors (Lipinski definition) is 3. The van der Waals surface area contributed by atoms with Crippen LogP contribution in [0.1, 0.15) is 20.3 Å². The molecule has 0 aliphatic rings. The summed E-state index contributed by atoms with van der Waals surface area (Å²) in [6, 6.07) is 15.4. The van der Waals surface area contributed by atoms with Crippen molar-refractivity contribution in [1.29, 1.82) is 0 Å². The van der Waals surface area contributed by atoms with Crippen molar-refractivity contribution < 1.29 is 4.79 Å². The van der Waals surface area contributed by atoms with Gasteiger partial charge in [-0.15, -0.1) is 0 Å². The van der Waals surface area contributed by atoms with Crippen LogP contribution in [0.3, 0.4) is 0 Å². The smallest absolute Gasteiger partial charge is 0.226 e. The zero-order valence-corrected chi connectivity index (χ0v) is 16.6. The molecule has 6 heteroatoms. The zero-order valence-electron chi connectivity index (χ0n) is 16.6. The van der Waals surface area contributed by atoms with Crippen molar-refractivity contribution in [3.05, 3.63) is 71.1 Å². The minimum absolute atomic E-state index is 0.0875. The molecule has 2 heterocycles. The van der Waals surface area contributed by atoms with E-state index in [1.165, 1.54) is 11.7 Å². The van der Waals surface area contributed by atoms with Crippen molar-refractivity contribution in [1.82, 2.24) is 14.3 Å². The standard InChI is InChI=1S/C23H24N4O2/c1-16(2)15-26-11-9-17-13-18(7-8-20(17)26)25-23(29)10-12-27-21-6-4-3-5-19(21)22(28)14-24-27/h3-9,11,13-14,16H,10,12,15H2,1-2H3,(H,25,29). The molecule has 0 spiro atoms. The van der Waals surface area contributed by atoms with Crippen LogP contribution in [0.2, 0.25) is 0 Å². The Morgan fingerprint density at radius 3 is 2.76 bits per heavy atom. The van der Waals surface area contributed by atoms with Crippen molar-refractivity contribution >= 4 is 33.4 Å². The summed E-state index contributed by atoms with van der Waals surface area (Å²) in [6.07, 6.45) is 3.66. The lowest BCUT2D eigenvalue weighted by Gasteiger charge is -2.11. The average molecular weight is 388 g/mol. The van der Waals surface area contributed by atoms with E-state index in [0.717, 1.165) is 23.1 Å². The molecule has 0 saturated carbocycles. The van der Waals surface area contributed by atoms with E-state index in [1.807, 2.05) is 36.4 Å². The minimum Gasteiger partial charge on any atom is -0.347 e. The van der Waals surface area contributed by atoms with E-state index < -0.39 is 0 Å². The maximum absolute atomic E-state index is 12.5. The van der Waals surface area contributed by atoms with Gasteiger partial charge in [0, 0.05) is 41.1 Å². The topological polar surface area (TPSA) is 68.9 Å². The first-order chi connectivity index (χ1) is 14.0. The van der Waals surface area contributed by atoms with Gasteiger partial charge in [-0.05, 0) is 42.3 Å². The number of anilines is 1. The number of aromatic nitrogens is 3. The van der Waals surface area contributed by atoms with Gasteiger partial charge >= 0.3 is 0 Å². The van der Waals surface area contributed by atoms with Gasteiger partial charge in [0.25, 0.3) is 0 Å². The van der Waals surface area contributed by atoms with Gasteiger partial charge < -0.3 is 9.88 Å². The molecular formula is C23H24N4O2. The first kappa shape index (κ1) is 18.9. The second kappa shape index (κ2) is 7.91. The van der Waals surface area contributed by atoms with Crippen LogP contribution in [-0.4, -0.2) is 20.3 Å². The Balaban J connectivity index is 1.45. The maximum Gasteiger partial charge on any atom is 0.226 e. The predicted molar refractivity (Wildman–Crippen MR) is 116 cm³/mol. The summed E-state index contributed by atoms with van der Waals surface area (Å²) in [5.41, 5.74) is 2.57. The second-order valence-corrected chi connectivity index (χ2v) is 7.68. The average Bonchev–Trinajstić information content (AvgIpc) is 3.09. The van der Waals surface area contributed by atoms with E-state index in [9.17, 15) is 9.59 Å². The Bertz CT molecular complexity index is 1240. The van der Waals surface area contributed by atoms with Gasteiger partial charge in [0.05, 0.1) is 18.3 Å². The molecule has 0 bridgehead atoms. The van der Waals surface area contributed by atoms with Gasteiger partial charge in [-0.2, -0.15) is 5.10 Å². The van der Waals surface area contributed by atoms with E-state index in [2.05, 4.69) is 41.1 Å². The Kier molecular flexibility index (Phi) is 5.16. The maximum atomic E-state index is 12.5. The molecule has 0 saturated heterocycles. The molecule has 148 valence electrons. The van der Waals surface area contributed by atoms with Crippen LogP contribution in [0.5, 0.6) is 0 Å². The van der Waals surface area contributed by atoms with Gasteiger partial charge in [0.15, 0.2) is 0 Å². The zero-order chi connectivity index (χ0) is 20.4. The van der Waals surface area contributed by atoms with E-state index in [4.69, 9.17) is 0 Å². The van der Waals surface area contributed by atoms with Crippen LogP contribution >= 0.6 is 0 Å². The molecule has 0 unspecified atom stereocenters. The number of nitrogens with zero attached hydrogens (tertiary/aromatic N) is 3. The fraction of sp³-hybridized carbons (Fsp3) is 0.261. The van der Waals surface area contributed by atoms with E-state index in [1.54, 1.807) is 10.7 Å². The van der Waals surface area contributed by atoms with Gasteiger partial charge in [-0.3, -0.25) is 14.3 Å². The number of hydrogen-bond donors (Lipinski definition) is 1. The van der Waals surface area contributed by atoms with Crippen molar-refractivity contribution in [2.75, 3.05) is 5.32 Å². The molecule has 4 aromatic rings. The Labute approximate surface area is 168 Å². The number of carbonyl (C=O) groups excluding carboxylic acids is 1. The first-order valence-electron chi connectivity index (χ1n) is 9.85. The molecule has 0 aliphatic carbocycles. The number of amides is 1. The fourth-order valence-corrected chi connectivity index (χ4v) is 3.60. The lowest BCUT2D eigenvalue weighted by molar-refractivity contribution is -0.116. The highest BCUT2D eigenvalue weighted by atomic mass is 16.1. The molecule has 0 fully saturated rings. The van der Waals surface area contributed by atoms with E-state index >= 15 is 0 Å². The van der Waals surface area contributed by atoms with Crippen LogP contribution in [-0.2, 0) is 17.9 Å². The molecular weight excluding hydrogens is 364 g/mol. The van der Waals surface area contributed by atoms with E-state index in [-0.39, 0.29) is 17.8 Å². The largest absolute Gasteiger partial charge is 0.347 e. The summed E-state index contributed by atoms with van der Waals surface area (Å²) in [5.74, 6) is 0.485. The van der Waals surface area contributed by atoms with Crippen molar-refractivity contribution in [3.8, 4) is 0 Å². The van der Waals surface area contributed by atoms with Crippen LogP contribution in [0.15, 0.2) is 65.7 Å². The molecule has 29 heavy (non-hydrogen) atoms. The number of para-hydroxylation sites is 1. The monoisotopic (exact) mass is 388 g/mol. The SMILES string of the molecule is CC(C)Cn1ccc2cc(NC(=O)CCn3ncc(=O)c4ccccc43)ccc21. The van der Waals surface area contributed by atoms with Crippen molar-refractivity contribution in [3.63, 3.8) is 0 Å². The summed E-state index contributed by atoms with van der Waals surface area (Å²) < 4.78 is 3.93. The highest BCUT2D eigenvalue weighted by Gasteiger charge is 2.09. The lowest BCUT2D eigenvalue weighted by atomic mass is 10.2. The van der Waals surface area contributed by atoms with Gasteiger partial charge in [0.2, 0.25) is 11.3 Å². The summed E-state index contributed by atoms with van der Waals surface area (Å²) in [6.45, 7) is 5.76. The summed E-state index contributed by atoms with van der Waals surface area (Å²) in [7, 11) is 0. The quantitative estimate of drug-likeness (QED) is 0.542. The molecule has 0 atom stereocenters. The minimum atomic E-state index is -0.112. The Hall–Kier alpha value is -3.41. The highest BCUT2D eigenvalue weighted by Crippen LogP contribution is 2.21. The third kappa shape index (κ3) is 4.06. The molecule has 0 radical (unpaired) electrons. The van der Waals surface area contributed by atoms with Gasteiger partial charge in [-0.1, -0.05) is 26.0 Å². The first-order valence-corrected chi connectivity index (χ1v) is 9.85. The van der Waals surface area contributed by atoms with E-state index in [0.29, 0.717) is 17.8 Å². The van der Waals surface area contributed by atoms with Crippen molar-refractivity contribution in [2.45, 2.75) is 33.4 Å². The number of rotatable bonds is 6. The van der Waals surface area contributed by atoms with Gasteiger partial charge in [-0.25, -0.2) is 0 Å². The molecule has 0 aliphatic heterocycles. The van der Waals surface area contributed by atoms with Crippen LogP contribution in [0, 0.1) is 5.92 Å². The van der Waals surface area contributed by atoms with Crippen LogP contribution in [0.4, 0.5) is 5.69 Å². The number of benzene rings is 2. The number of nitrogens with one attached hydrogen (secondary N) is 1. The second-order valence-electron chi connectivity index (χ2n) is 7.68. The fourth-order valence-electron chi connectivity index (χ4n) is 3.60. The molecule has 2 aromatic carbocycles. The summed E-state index contributed by atoms with van der Waals surface area (Å²) >= 11 is 0. The molecule has 1 N–H and O–H groups in total. The molecule has 2 aromatic heterocycles. The van der Waals surface area contributed by atoms with Crippen molar-refractivity contribution in [2.24, 2.45) is 5.92 Å². The lowest BCUT2D eigenvalue weighted by Crippen LogP contribution is -2.18.